The van der Waals surface area contributed by atoms with Crippen LogP contribution < -0.4 is 4.72 Å². The Morgan fingerprint density at radius 2 is 2.12 bits per heavy atom. The molecule has 1 N–H and O–H groups in total. The molecule has 0 aromatic heterocycles. The SMILES string of the molecule is COCCNS(=O)(=O)Cc1ccccc1C#N. The highest BCUT2D eigenvalue weighted by Gasteiger charge is 2.13. The zero-order valence-corrected chi connectivity index (χ0v) is 10.3. The molecule has 0 aliphatic carbocycles. The number of hydrogen-bond donors (Lipinski definition) is 1. The number of nitrogens with one attached hydrogen (secondary N) is 1. The summed E-state index contributed by atoms with van der Waals surface area (Å²) >= 11 is 0. The molecule has 0 saturated carbocycles. The molecule has 1 aromatic carbocycles. The smallest absolute Gasteiger partial charge is 0.215 e. The summed E-state index contributed by atoms with van der Waals surface area (Å²) < 4.78 is 30.5. The lowest BCUT2D eigenvalue weighted by molar-refractivity contribution is 0.204. The second-order valence-electron chi connectivity index (χ2n) is 3.42. The summed E-state index contributed by atoms with van der Waals surface area (Å²) in [6.07, 6.45) is 0. The zero-order chi connectivity index (χ0) is 12.7. The van der Waals surface area contributed by atoms with Crippen LogP contribution in [0, 0.1) is 11.3 Å². The Hall–Kier alpha value is -1.42. The topological polar surface area (TPSA) is 79.2 Å². The lowest BCUT2D eigenvalue weighted by atomic mass is 10.1. The molecule has 1 aromatic rings. The second-order valence-corrected chi connectivity index (χ2v) is 5.22. The lowest BCUT2D eigenvalue weighted by Gasteiger charge is -2.07. The van der Waals surface area contributed by atoms with Gasteiger partial charge in [-0.15, -0.1) is 0 Å². The van der Waals surface area contributed by atoms with E-state index in [-0.39, 0.29) is 12.3 Å². The van der Waals surface area contributed by atoms with Crippen LogP contribution in [-0.2, 0) is 20.5 Å². The summed E-state index contributed by atoms with van der Waals surface area (Å²) in [4.78, 5) is 0. The van der Waals surface area contributed by atoms with Gasteiger partial charge in [0, 0.05) is 13.7 Å². The van der Waals surface area contributed by atoms with Crippen molar-refractivity contribution in [1.29, 1.82) is 5.26 Å². The van der Waals surface area contributed by atoms with Crippen molar-refractivity contribution in [2.45, 2.75) is 5.75 Å². The molecule has 0 saturated heterocycles. The number of sulfonamides is 1. The molecule has 92 valence electrons. The first-order valence-electron chi connectivity index (χ1n) is 5.03. The van der Waals surface area contributed by atoms with Crippen molar-refractivity contribution in [3.8, 4) is 6.07 Å². The molecule has 0 fully saturated rings. The minimum atomic E-state index is -3.42. The normalized spacial score (nSPS) is 11.1. The van der Waals surface area contributed by atoms with Crippen LogP contribution in [-0.4, -0.2) is 28.7 Å². The Bertz CT molecular complexity index is 506. The molecule has 17 heavy (non-hydrogen) atoms. The van der Waals surface area contributed by atoms with Crippen LogP contribution in [0.25, 0.3) is 0 Å². The Balaban J connectivity index is 2.73. The van der Waals surface area contributed by atoms with Gasteiger partial charge in [-0.1, -0.05) is 18.2 Å². The first-order chi connectivity index (χ1) is 8.09. The molecule has 6 heteroatoms. The molecule has 0 radical (unpaired) electrons. The standard InChI is InChI=1S/C11H14N2O3S/c1-16-7-6-13-17(14,15)9-11-5-3-2-4-10(11)8-12/h2-5,13H,6-7,9H2,1H3. The van der Waals surface area contributed by atoms with Crippen molar-refractivity contribution < 1.29 is 13.2 Å². The minimum Gasteiger partial charge on any atom is -0.383 e. The summed E-state index contributed by atoms with van der Waals surface area (Å²) in [6, 6.07) is 8.61. The fourth-order valence-electron chi connectivity index (χ4n) is 1.31. The third-order valence-electron chi connectivity index (χ3n) is 2.11. The monoisotopic (exact) mass is 254 g/mol. The van der Waals surface area contributed by atoms with E-state index in [1.165, 1.54) is 7.11 Å². The largest absolute Gasteiger partial charge is 0.383 e. The van der Waals surface area contributed by atoms with E-state index in [4.69, 9.17) is 10.00 Å². The van der Waals surface area contributed by atoms with Gasteiger partial charge in [-0.05, 0) is 11.6 Å². The van der Waals surface area contributed by atoms with E-state index in [0.717, 1.165) is 0 Å². The molecule has 0 aliphatic rings. The maximum Gasteiger partial charge on any atom is 0.215 e. The first kappa shape index (κ1) is 13.6. The Labute approximate surface area is 101 Å². The average Bonchev–Trinajstić information content (AvgIpc) is 2.29. The number of ether oxygens (including phenoxy) is 1. The van der Waals surface area contributed by atoms with Crippen molar-refractivity contribution >= 4 is 10.0 Å². The predicted octanol–water partition coefficient (Wildman–Crippen LogP) is 0.624. The number of nitriles is 1. The molecule has 0 spiro atoms. The van der Waals surface area contributed by atoms with Crippen LogP contribution in [0.2, 0.25) is 0 Å². The van der Waals surface area contributed by atoms with E-state index in [1.807, 2.05) is 6.07 Å². The van der Waals surface area contributed by atoms with Crippen molar-refractivity contribution in [2.24, 2.45) is 0 Å². The highest BCUT2D eigenvalue weighted by atomic mass is 32.2. The van der Waals surface area contributed by atoms with Crippen LogP contribution >= 0.6 is 0 Å². The third-order valence-corrected chi connectivity index (χ3v) is 3.45. The van der Waals surface area contributed by atoms with E-state index in [9.17, 15) is 8.42 Å². The molecule has 0 atom stereocenters. The number of rotatable bonds is 6. The molecule has 0 amide bonds. The molecule has 5 nitrogen and oxygen atoms in total. The maximum atomic E-state index is 11.7. The van der Waals surface area contributed by atoms with Gasteiger partial charge in [0.15, 0.2) is 0 Å². The number of hydrogen-bond acceptors (Lipinski definition) is 4. The van der Waals surface area contributed by atoms with E-state index in [1.54, 1.807) is 24.3 Å². The molecule has 0 bridgehead atoms. The third kappa shape index (κ3) is 4.53. The van der Waals surface area contributed by atoms with E-state index < -0.39 is 10.0 Å². The quantitative estimate of drug-likeness (QED) is 0.755. The van der Waals surface area contributed by atoms with Gasteiger partial charge in [-0.2, -0.15) is 5.26 Å². The van der Waals surface area contributed by atoms with Gasteiger partial charge in [-0.25, -0.2) is 13.1 Å². The number of nitrogens with zero attached hydrogens (tertiary/aromatic N) is 1. The summed E-state index contributed by atoms with van der Waals surface area (Å²) in [5.74, 6) is -0.194. The zero-order valence-electron chi connectivity index (χ0n) is 9.51. The van der Waals surface area contributed by atoms with Crippen LogP contribution in [0.3, 0.4) is 0 Å². The van der Waals surface area contributed by atoms with Gasteiger partial charge in [-0.3, -0.25) is 0 Å². The molecule has 0 unspecified atom stereocenters. The Morgan fingerprint density at radius 3 is 2.76 bits per heavy atom. The van der Waals surface area contributed by atoms with Gasteiger partial charge in [0.05, 0.1) is 24.0 Å². The van der Waals surface area contributed by atoms with Crippen molar-refractivity contribution in [1.82, 2.24) is 4.72 Å². The summed E-state index contributed by atoms with van der Waals surface area (Å²) in [5, 5.41) is 8.84. The van der Waals surface area contributed by atoms with Crippen LogP contribution in [0.4, 0.5) is 0 Å². The van der Waals surface area contributed by atoms with Gasteiger partial charge < -0.3 is 4.74 Å². The van der Waals surface area contributed by atoms with Crippen LogP contribution in [0.5, 0.6) is 0 Å². The molecule has 0 aliphatic heterocycles. The fourth-order valence-corrected chi connectivity index (χ4v) is 2.47. The minimum absolute atomic E-state index is 0.194. The number of methoxy groups -OCH3 is 1. The Morgan fingerprint density at radius 1 is 1.41 bits per heavy atom. The fraction of sp³-hybridized carbons (Fsp3) is 0.364. The Kier molecular flexibility index (Phi) is 5.10. The van der Waals surface area contributed by atoms with Gasteiger partial charge in [0.25, 0.3) is 0 Å². The summed E-state index contributed by atoms with van der Waals surface area (Å²) in [5.41, 5.74) is 0.879. The molecule has 0 heterocycles. The molecular formula is C11H14N2O3S. The maximum absolute atomic E-state index is 11.7. The second kappa shape index (κ2) is 6.35. The van der Waals surface area contributed by atoms with Gasteiger partial charge in [0.1, 0.15) is 0 Å². The summed E-state index contributed by atoms with van der Waals surface area (Å²) in [6.45, 7) is 0.548. The first-order valence-corrected chi connectivity index (χ1v) is 6.68. The molecular weight excluding hydrogens is 240 g/mol. The van der Waals surface area contributed by atoms with Crippen molar-refractivity contribution in [3.63, 3.8) is 0 Å². The predicted molar refractivity (Wildman–Crippen MR) is 63.7 cm³/mol. The highest BCUT2D eigenvalue weighted by Crippen LogP contribution is 2.10. The average molecular weight is 254 g/mol. The van der Waals surface area contributed by atoms with Crippen LogP contribution in [0.1, 0.15) is 11.1 Å². The van der Waals surface area contributed by atoms with E-state index in [2.05, 4.69) is 4.72 Å². The van der Waals surface area contributed by atoms with E-state index in [0.29, 0.717) is 17.7 Å². The summed E-state index contributed by atoms with van der Waals surface area (Å²) in [7, 11) is -1.92. The van der Waals surface area contributed by atoms with Gasteiger partial charge >= 0.3 is 0 Å². The van der Waals surface area contributed by atoms with Gasteiger partial charge in [0.2, 0.25) is 10.0 Å². The number of benzene rings is 1. The van der Waals surface area contributed by atoms with Crippen LogP contribution in [0.15, 0.2) is 24.3 Å². The molecule has 1 rings (SSSR count). The highest BCUT2D eigenvalue weighted by molar-refractivity contribution is 7.88. The van der Waals surface area contributed by atoms with E-state index >= 15 is 0 Å². The van der Waals surface area contributed by atoms with Crippen molar-refractivity contribution in [3.05, 3.63) is 35.4 Å². The lowest BCUT2D eigenvalue weighted by Crippen LogP contribution is -2.28. The van der Waals surface area contributed by atoms with Crippen molar-refractivity contribution in [2.75, 3.05) is 20.3 Å².